The van der Waals surface area contributed by atoms with Gasteiger partial charge in [0.15, 0.2) is 0 Å². The molecule has 0 unspecified atom stereocenters. The van der Waals surface area contributed by atoms with Crippen LogP contribution in [-0.4, -0.2) is 21.6 Å². The molecule has 6 nitrogen and oxygen atoms in total. The number of carboxylic acids is 1. The number of carboxylic acid groups (broad SMARTS) is 1. The van der Waals surface area contributed by atoms with Crippen LogP contribution in [0.4, 0.5) is 5.69 Å². The lowest BCUT2D eigenvalue weighted by Gasteiger charge is -2.04. The molecule has 0 spiro atoms. The number of nitrogens with zero attached hydrogens (tertiary/aromatic N) is 2. The third-order valence-electron chi connectivity index (χ3n) is 4.21. The molecule has 1 amide bonds. The number of hydrogen-bond acceptors (Lipinski definition) is 3. The number of carbonyl (C=O) groups excluding carboxylic acids is 1. The minimum Gasteiger partial charge on any atom is -0.478 e. The monoisotopic (exact) mass is 359 g/mol. The van der Waals surface area contributed by atoms with Crippen LogP contribution < -0.4 is 5.32 Å². The van der Waals surface area contributed by atoms with Crippen LogP contribution in [-0.2, 0) is 11.3 Å². The van der Waals surface area contributed by atoms with Crippen molar-refractivity contribution in [1.29, 1.82) is 5.26 Å². The summed E-state index contributed by atoms with van der Waals surface area (Å²) >= 11 is 0. The fraction of sp³-hybridized carbons (Fsp3) is 0.0952. The first-order chi connectivity index (χ1) is 13.0. The molecule has 0 fully saturated rings. The molecule has 0 saturated carbocycles. The highest BCUT2D eigenvalue weighted by atomic mass is 16.4. The van der Waals surface area contributed by atoms with Gasteiger partial charge in [0.05, 0.1) is 5.56 Å². The van der Waals surface area contributed by atoms with Gasteiger partial charge < -0.3 is 15.0 Å². The Bertz CT molecular complexity index is 1090. The lowest BCUT2D eigenvalue weighted by atomic mass is 10.1. The van der Waals surface area contributed by atoms with Crippen molar-refractivity contribution in [2.24, 2.45) is 0 Å². The number of anilines is 1. The summed E-state index contributed by atoms with van der Waals surface area (Å²) in [7, 11) is 0. The molecule has 0 aliphatic carbocycles. The maximum absolute atomic E-state index is 12.5. The summed E-state index contributed by atoms with van der Waals surface area (Å²) in [5, 5.41) is 21.9. The average Bonchev–Trinajstić information content (AvgIpc) is 3.04. The number of amides is 1. The van der Waals surface area contributed by atoms with Crippen molar-refractivity contribution in [1.82, 2.24) is 4.57 Å². The van der Waals surface area contributed by atoms with Crippen molar-refractivity contribution in [2.45, 2.75) is 13.5 Å². The number of aromatic carboxylic acids is 1. The van der Waals surface area contributed by atoms with Gasteiger partial charge in [0.25, 0.3) is 5.91 Å². The van der Waals surface area contributed by atoms with Gasteiger partial charge in [-0.3, -0.25) is 4.79 Å². The number of benzene rings is 2. The van der Waals surface area contributed by atoms with Crippen molar-refractivity contribution >= 4 is 34.5 Å². The second-order valence-corrected chi connectivity index (χ2v) is 5.89. The van der Waals surface area contributed by atoms with E-state index in [0.29, 0.717) is 5.69 Å². The minimum atomic E-state index is -1.04. The highest BCUT2D eigenvalue weighted by Crippen LogP contribution is 2.24. The zero-order valence-corrected chi connectivity index (χ0v) is 14.6. The van der Waals surface area contributed by atoms with E-state index in [0.717, 1.165) is 23.0 Å². The third kappa shape index (κ3) is 3.72. The summed E-state index contributed by atoms with van der Waals surface area (Å²) in [5.74, 6) is -1.59. The van der Waals surface area contributed by atoms with Crippen molar-refractivity contribution in [2.75, 3.05) is 5.32 Å². The van der Waals surface area contributed by atoms with Gasteiger partial charge in [0.1, 0.15) is 11.6 Å². The molecular formula is C21H17N3O3. The van der Waals surface area contributed by atoms with Crippen molar-refractivity contribution < 1.29 is 14.7 Å². The zero-order chi connectivity index (χ0) is 19.4. The Kier molecular flexibility index (Phi) is 5.04. The van der Waals surface area contributed by atoms with Crippen LogP contribution in [0.25, 0.3) is 17.0 Å². The number of fused-ring (bicyclic) bond motifs is 1. The highest BCUT2D eigenvalue weighted by molar-refractivity contribution is 6.10. The van der Waals surface area contributed by atoms with Gasteiger partial charge in [-0.05, 0) is 43.3 Å². The summed E-state index contributed by atoms with van der Waals surface area (Å²) in [6, 6.07) is 15.5. The van der Waals surface area contributed by atoms with Gasteiger partial charge in [0.2, 0.25) is 0 Å². The van der Waals surface area contributed by atoms with Crippen LogP contribution in [0.5, 0.6) is 0 Å². The molecule has 1 aromatic heterocycles. The number of nitriles is 1. The number of carbonyl (C=O) groups is 2. The normalized spacial score (nSPS) is 11.2. The molecule has 0 saturated heterocycles. The molecule has 2 N–H and O–H groups in total. The van der Waals surface area contributed by atoms with Gasteiger partial charge in [-0.25, -0.2) is 4.79 Å². The van der Waals surface area contributed by atoms with Crippen LogP contribution in [0.3, 0.4) is 0 Å². The Hall–Kier alpha value is -3.85. The maximum atomic E-state index is 12.5. The largest absolute Gasteiger partial charge is 0.478 e. The molecule has 1 heterocycles. The van der Waals surface area contributed by atoms with E-state index < -0.39 is 11.9 Å². The van der Waals surface area contributed by atoms with Gasteiger partial charge in [-0.1, -0.05) is 18.2 Å². The van der Waals surface area contributed by atoms with Crippen molar-refractivity contribution in [3.05, 3.63) is 71.4 Å². The quantitative estimate of drug-likeness (QED) is 0.533. The summed E-state index contributed by atoms with van der Waals surface area (Å²) in [6.07, 6.45) is 3.48. The zero-order valence-electron chi connectivity index (χ0n) is 14.6. The lowest BCUT2D eigenvalue weighted by Crippen LogP contribution is -2.13. The van der Waals surface area contributed by atoms with Gasteiger partial charge in [0, 0.05) is 34.9 Å². The fourth-order valence-corrected chi connectivity index (χ4v) is 2.85. The van der Waals surface area contributed by atoms with Crippen LogP contribution >= 0.6 is 0 Å². The van der Waals surface area contributed by atoms with Gasteiger partial charge in [-0.2, -0.15) is 5.26 Å². The number of nitrogens with one attached hydrogen (secondary N) is 1. The molecule has 134 valence electrons. The number of aromatic nitrogens is 1. The van der Waals surface area contributed by atoms with E-state index in [2.05, 4.69) is 9.88 Å². The van der Waals surface area contributed by atoms with Crippen LogP contribution in [0, 0.1) is 11.3 Å². The Balaban J connectivity index is 1.89. The Morgan fingerprint density at radius 2 is 1.89 bits per heavy atom. The number of rotatable bonds is 5. The highest BCUT2D eigenvalue weighted by Gasteiger charge is 2.13. The van der Waals surface area contributed by atoms with Crippen LogP contribution in [0.1, 0.15) is 22.8 Å². The third-order valence-corrected chi connectivity index (χ3v) is 4.21. The van der Waals surface area contributed by atoms with E-state index in [1.165, 1.54) is 24.3 Å². The number of para-hydroxylation sites is 1. The minimum absolute atomic E-state index is 0.0312. The Morgan fingerprint density at radius 3 is 2.52 bits per heavy atom. The molecule has 2 aromatic carbocycles. The predicted octanol–water partition coefficient (Wildman–Crippen LogP) is 3.91. The summed E-state index contributed by atoms with van der Waals surface area (Å²) in [5.41, 5.74) is 2.34. The fourth-order valence-electron chi connectivity index (χ4n) is 2.85. The van der Waals surface area contributed by atoms with E-state index in [1.807, 2.05) is 43.5 Å². The molecule has 0 aliphatic rings. The average molecular weight is 359 g/mol. The first-order valence-electron chi connectivity index (χ1n) is 8.38. The second kappa shape index (κ2) is 7.58. The smallest absolute Gasteiger partial charge is 0.335 e. The maximum Gasteiger partial charge on any atom is 0.335 e. The SMILES string of the molecule is CCn1cc(C=C(C#N)C(=O)Nc2ccc(C(=O)O)cc2)c2ccccc21. The first-order valence-corrected chi connectivity index (χ1v) is 8.38. The Morgan fingerprint density at radius 1 is 1.19 bits per heavy atom. The van der Waals surface area contributed by atoms with E-state index in [9.17, 15) is 14.9 Å². The molecule has 27 heavy (non-hydrogen) atoms. The van der Waals surface area contributed by atoms with E-state index in [-0.39, 0.29) is 11.1 Å². The van der Waals surface area contributed by atoms with Crippen LogP contribution in [0.2, 0.25) is 0 Å². The van der Waals surface area contributed by atoms with E-state index >= 15 is 0 Å². The summed E-state index contributed by atoms with van der Waals surface area (Å²) < 4.78 is 2.05. The number of aryl methyl sites for hydroxylation is 1. The molecule has 0 aliphatic heterocycles. The predicted molar refractivity (Wildman–Crippen MR) is 103 cm³/mol. The lowest BCUT2D eigenvalue weighted by molar-refractivity contribution is -0.112. The molecule has 3 rings (SSSR count). The van der Waals surface area contributed by atoms with Gasteiger partial charge in [-0.15, -0.1) is 0 Å². The molecule has 0 atom stereocenters. The Labute approximate surface area is 156 Å². The van der Waals surface area contributed by atoms with Crippen molar-refractivity contribution in [3.8, 4) is 6.07 Å². The van der Waals surface area contributed by atoms with Crippen LogP contribution in [0.15, 0.2) is 60.3 Å². The molecule has 3 aromatic rings. The van der Waals surface area contributed by atoms with E-state index in [4.69, 9.17) is 5.11 Å². The molecule has 6 heteroatoms. The molecular weight excluding hydrogens is 342 g/mol. The molecule has 0 radical (unpaired) electrons. The molecule has 0 bridgehead atoms. The first kappa shape index (κ1) is 18.0. The number of hydrogen-bond donors (Lipinski definition) is 2. The van der Waals surface area contributed by atoms with Crippen molar-refractivity contribution in [3.63, 3.8) is 0 Å². The topological polar surface area (TPSA) is 95.1 Å². The standard InChI is InChI=1S/C21H17N3O3/c1-2-24-13-16(18-5-3-4-6-19(18)24)11-15(12-22)20(25)23-17-9-7-14(8-10-17)21(26)27/h3-11,13H,2H2,1H3,(H,23,25)(H,26,27). The van der Waals surface area contributed by atoms with E-state index in [1.54, 1.807) is 6.08 Å². The van der Waals surface area contributed by atoms with Gasteiger partial charge >= 0.3 is 5.97 Å². The second-order valence-electron chi connectivity index (χ2n) is 5.89. The summed E-state index contributed by atoms with van der Waals surface area (Å²) in [4.78, 5) is 23.3. The summed E-state index contributed by atoms with van der Waals surface area (Å²) in [6.45, 7) is 2.80.